The van der Waals surface area contributed by atoms with Crippen LogP contribution in [-0.4, -0.2) is 43.5 Å². The van der Waals surface area contributed by atoms with Crippen molar-refractivity contribution in [3.8, 4) is 11.4 Å². The van der Waals surface area contributed by atoms with Crippen molar-refractivity contribution in [2.24, 2.45) is 0 Å². The van der Waals surface area contributed by atoms with Gasteiger partial charge in [0.15, 0.2) is 5.65 Å². The van der Waals surface area contributed by atoms with E-state index in [9.17, 15) is 18.0 Å². The molecule has 0 amide bonds. The van der Waals surface area contributed by atoms with Crippen molar-refractivity contribution in [3.63, 3.8) is 0 Å². The van der Waals surface area contributed by atoms with Gasteiger partial charge in [0.2, 0.25) is 0 Å². The molecule has 156 valence electrons. The number of benzene rings is 1. The topological polar surface area (TPSA) is 112 Å². The first-order valence-electron chi connectivity index (χ1n) is 8.72. The summed E-state index contributed by atoms with van der Waals surface area (Å²) in [4.78, 5) is 22.7. The van der Waals surface area contributed by atoms with Gasteiger partial charge in [0.1, 0.15) is 24.4 Å². The number of ether oxygens (including phenoxy) is 1. The van der Waals surface area contributed by atoms with Crippen LogP contribution in [0.1, 0.15) is 17.3 Å². The van der Waals surface area contributed by atoms with Crippen molar-refractivity contribution in [2.45, 2.75) is 19.6 Å². The van der Waals surface area contributed by atoms with Crippen LogP contribution in [0, 0.1) is 0 Å². The zero-order chi connectivity index (χ0) is 21.6. The van der Waals surface area contributed by atoms with E-state index in [0.717, 1.165) is 6.33 Å². The van der Waals surface area contributed by atoms with E-state index in [0.29, 0.717) is 21.1 Å². The van der Waals surface area contributed by atoms with Crippen LogP contribution in [0.25, 0.3) is 33.3 Å². The van der Waals surface area contributed by atoms with Crippen molar-refractivity contribution >= 4 is 45.3 Å². The van der Waals surface area contributed by atoms with Gasteiger partial charge in [-0.25, -0.2) is 19.4 Å². The van der Waals surface area contributed by atoms with Crippen LogP contribution >= 0.6 is 11.6 Å². The Morgan fingerprint density at radius 2 is 2.10 bits per heavy atom. The van der Waals surface area contributed by atoms with Crippen LogP contribution in [0.2, 0.25) is 5.02 Å². The van der Waals surface area contributed by atoms with Crippen LogP contribution in [0.15, 0.2) is 24.5 Å². The molecule has 4 aromatic rings. The summed E-state index contributed by atoms with van der Waals surface area (Å²) in [5.74, 6) is -0.547. The van der Waals surface area contributed by atoms with Crippen LogP contribution in [0.3, 0.4) is 0 Å². The number of nitrogen functional groups attached to an aromatic ring is 1. The van der Waals surface area contributed by atoms with E-state index < -0.39 is 18.7 Å². The van der Waals surface area contributed by atoms with Gasteiger partial charge in [0.25, 0.3) is 0 Å². The standard InChI is InChI=1S/C18H14ClF3N6O2/c1-2-30-17(29)8-3-4-9-10(5-8)26-14(12(9)19)13-11-15(23)24-7-25-16(11)28(27-13)6-18(20,21)22/h3-5,7,26H,2,6H2,1H3,(H2,23,24,25). The lowest BCUT2D eigenvalue weighted by Gasteiger charge is -2.06. The molecule has 0 bridgehead atoms. The second-order valence-electron chi connectivity index (χ2n) is 6.37. The highest BCUT2D eigenvalue weighted by Crippen LogP contribution is 2.38. The molecule has 0 atom stereocenters. The third-order valence-electron chi connectivity index (χ3n) is 4.37. The molecule has 0 radical (unpaired) electrons. The molecule has 3 aromatic heterocycles. The number of nitrogens with two attached hydrogens (primary N) is 1. The summed E-state index contributed by atoms with van der Waals surface area (Å²) in [6.07, 6.45) is -3.46. The molecule has 0 aliphatic carbocycles. The van der Waals surface area contributed by atoms with E-state index in [2.05, 4.69) is 20.1 Å². The largest absolute Gasteiger partial charge is 0.462 e. The number of hydrogen-bond donors (Lipinski definition) is 2. The number of alkyl halides is 3. The molecule has 0 saturated heterocycles. The molecule has 4 rings (SSSR count). The quantitative estimate of drug-likeness (QED) is 0.467. The lowest BCUT2D eigenvalue weighted by atomic mass is 10.1. The number of rotatable bonds is 4. The molecule has 0 aliphatic heterocycles. The normalized spacial score (nSPS) is 12.0. The Kier molecular flexibility index (Phi) is 4.77. The maximum Gasteiger partial charge on any atom is 0.408 e. The fourth-order valence-corrected chi connectivity index (χ4v) is 3.45. The third kappa shape index (κ3) is 3.41. The molecule has 0 unspecified atom stereocenters. The number of esters is 1. The number of carbonyl (C=O) groups excluding carboxylic acids is 1. The Morgan fingerprint density at radius 3 is 2.80 bits per heavy atom. The highest BCUT2D eigenvalue weighted by Gasteiger charge is 2.31. The van der Waals surface area contributed by atoms with Crippen molar-refractivity contribution in [1.82, 2.24) is 24.7 Å². The van der Waals surface area contributed by atoms with E-state index in [1.807, 2.05) is 0 Å². The van der Waals surface area contributed by atoms with E-state index in [4.69, 9.17) is 22.1 Å². The maximum atomic E-state index is 13.0. The second-order valence-corrected chi connectivity index (χ2v) is 6.75. The number of aromatic amines is 1. The van der Waals surface area contributed by atoms with Gasteiger partial charge in [0.05, 0.1) is 28.3 Å². The summed E-state index contributed by atoms with van der Waals surface area (Å²) in [6, 6.07) is 4.69. The third-order valence-corrected chi connectivity index (χ3v) is 4.76. The highest BCUT2D eigenvalue weighted by atomic mass is 35.5. The van der Waals surface area contributed by atoms with Gasteiger partial charge >= 0.3 is 12.1 Å². The van der Waals surface area contributed by atoms with Gasteiger partial charge in [-0.1, -0.05) is 17.7 Å². The average molecular weight is 439 g/mol. The molecule has 3 N–H and O–H groups in total. The maximum absolute atomic E-state index is 13.0. The number of aromatic nitrogens is 5. The van der Waals surface area contributed by atoms with E-state index in [1.165, 1.54) is 6.07 Å². The first-order valence-corrected chi connectivity index (χ1v) is 9.10. The fraction of sp³-hybridized carbons (Fsp3) is 0.222. The van der Waals surface area contributed by atoms with Crippen molar-refractivity contribution in [2.75, 3.05) is 12.3 Å². The molecular weight excluding hydrogens is 425 g/mol. The zero-order valence-corrected chi connectivity index (χ0v) is 16.2. The molecule has 0 aliphatic rings. The molecular formula is C18H14ClF3N6O2. The smallest absolute Gasteiger partial charge is 0.408 e. The summed E-state index contributed by atoms with van der Waals surface area (Å²) >= 11 is 6.48. The Hall–Kier alpha value is -3.34. The summed E-state index contributed by atoms with van der Waals surface area (Å²) < 4.78 is 44.7. The zero-order valence-electron chi connectivity index (χ0n) is 15.4. The molecule has 8 nitrogen and oxygen atoms in total. The Labute approximate surface area is 171 Å². The van der Waals surface area contributed by atoms with E-state index in [1.54, 1.807) is 19.1 Å². The van der Waals surface area contributed by atoms with Gasteiger partial charge < -0.3 is 15.5 Å². The van der Waals surface area contributed by atoms with Crippen molar-refractivity contribution in [3.05, 3.63) is 35.1 Å². The Bertz CT molecular complexity index is 1280. The molecule has 1 aromatic carbocycles. The first kappa shape index (κ1) is 20.0. The Morgan fingerprint density at radius 1 is 1.33 bits per heavy atom. The number of anilines is 1. The van der Waals surface area contributed by atoms with Crippen LogP contribution in [-0.2, 0) is 11.3 Å². The molecule has 30 heavy (non-hydrogen) atoms. The lowest BCUT2D eigenvalue weighted by Crippen LogP contribution is -2.19. The number of hydrogen-bond acceptors (Lipinski definition) is 6. The minimum atomic E-state index is -4.52. The molecule has 12 heteroatoms. The van der Waals surface area contributed by atoms with E-state index >= 15 is 0 Å². The number of fused-ring (bicyclic) bond motifs is 2. The van der Waals surface area contributed by atoms with Gasteiger partial charge in [-0.05, 0) is 19.1 Å². The van der Waals surface area contributed by atoms with Crippen LogP contribution in [0.4, 0.5) is 19.0 Å². The number of carbonyl (C=O) groups is 1. The molecule has 0 fully saturated rings. The summed E-state index contributed by atoms with van der Waals surface area (Å²) in [5, 5.41) is 4.96. The van der Waals surface area contributed by atoms with Crippen molar-refractivity contribution in [1.29, 1.82) is 0 Å². The lowest BCUT2D eigenvalue weighted by molar-refractivity contribution is -0.141. The first-order chi connectivity index (χ1) is 14.2. The molecule has 0 saturated carbocycles. The Balaban J connectivity index is 1.91. The average Bonchev–Trinajstić information content (AvgIpc) is 3.19. The predicted molar refractivity (Wildman–Crippen MR) is 104 cm³/mol. The minimum absolute atomic E-state index is 0.0367. The monoisotopic (exact) mass is 438 g/mol. The number of H-pyrrole nitrogens is 1. The van der Waals surface area contributed by atoms with Crippen LogP contribution < -0.4 is 5.73 Å². The second kappa shape index (κ2) is 7.17. The van der Waals surface area contributed by atoms with Crippen LogP contribution in [0.5, 0.6) is 0 Å². The minimum Gasteiger partial charge on any atom is -0.462 e. The van der Waals surface area contributed by atoms with Gasteiger partial charge in [-0.15, -0.1) is 0 Å². The number of nitrogens with one attached hydrogen (secondary N) is 1. The molecule has 0 spiro atoms. The van der Waals surface area contributed by atoms with Crippen molar-refractivity contribution < 1.29 is 22.7 Å². The summed E-state index contributed by atoms with van der Waals surface area (Å²) in [7, 11) is 0. The van der Waals surface area contributed by atoms with Gasteiger partial charge in [-0.3, -0.25) is 0 Å². The SMILES string of the molecule is CCOC(=O)c1ccc2c(Cl)c(-c3nn(CC(F)(F)F)c4ncnc(N)c34)[nH]c2c1. The highest BCUT2D eigenvalue weighted by molar-refractivity contribution is 6.38. The fourth-order valence-electron chi connectivity index (χ4n) is 3.15. The number of nitrogens with zero attached hydrogens (tertiary/aromatic N) is 4. The molecule has 3 heterocycles. The summed E-state index contributed by atoms with van der Waals surface area (Å²) in [6.45, 7) is 0.551. The van der Waals surface area contributed by atoms with Gasteiger partial charge in [0, 0.05) is 10.9 Å². The number of halogens is 4. The van der Waals surface area contributed by atoms with Gasteiger partial charge in [-0.2, -0.15) is 18.3 Å². The predicted octanol–water partition coefficient (Wildman–Crippen LogP) is 3.95. The van der Waals surface area contributed by atoms with E-state index in [-0.39, 0.29) is 39.9 Å². The summed E-state index contributed by atoms with van der Waals surface area (Å²) in [5.41, 5.74) is 6.92.